The number of hydrogen-bond donors (Lipinski definition) is 0. The third kappa shape index (κ3) is 18.0. The largest absolute Gasteiger partial charge is 0.343 e. The van der Waals surface area contributed by atoms with Crippen molar-refractivity contribution in [3.8, 4) is 0 Å². The van der Waals surface area contributed by atoms with E-state index in [0.29, 0.717) is 10.4 Å². The highest BCUT2D eigenvalue weighted by Gasteiger charge is 2.25. The molecule has 0 aliphatic carbocycles. The Kier molecular flexibility index (Phi) is 25.2. The molecule has 0 atom stereocenters. The van der Waals surface area contributed by atoms with Crippen molar-refractivity contribution in [3.63, 3.8) is 0 Å². The predicted molar refractivity (Wildman–Crippen MR) is 150 cm³/mol. The molecule has 34 heavy (non-hydrogen) atoms. The molecule has 0 saturated heterocycles. The zero-order valence-corrected chi connectivity index (χ0v) is 23.9. The number of carbonyl (C=O) groups is 2. The molecule has 0 bridgehead atoms. The smallest absolute Gasteiger partial charge is 0.315 e. The average Bonchev–Trinajstić information content (AvgIpc) is 2.84. The Balaban J connectivity index is 0. The van der Waals surface area contributed by atoms with Crippen LogP contribution in [0.25, 0.3) is 0 Å². The Bertz CT molecular complexity index is 520. The Hall–Kier alpha value is -1.42. The van der Waals surface area contributed by atoms with Crippen LogP contribution >= 0.6 is 0 Å². The normalized spacial score (nSPS) is 11.2. The molecule has 0 N–H and O–H groups in total. The zero-order valence-electron chi connectivity index (χ0n) is 23.9. The summed E-state index contributed by atoms with van der Waals surface area (Å²) in [7, 11) is 0. The molecule has 0 fully saturated rings. The van der Waals surface area contributed by atoms with E-state index >= 15 is 0 Å². The lowest BCUT2D eigenvalue weighted by molar-refractivity contribution is -0.798. The summed E-state index contributed by atoms with van der Waals surface area (Å²) >= 11 is 0. The van der Waals surface area contributed by atoms with Crippen LogP contribution in [0.4, 0.5) is 0 Å². The molecular weight excluding hydrogens is 420 g/mol. The van der Waals surface area contributed by atoms with Crippen LogP contribution in [0.5, 0.6) is 0 Å². The van der Waals surface area contributed by atoms with Crippen LogP contribution in [-0.4, -0.2) is 47.4 Å². The molecule has 0 radical (unpaired) electrons. The van der Waals surface area contributed by atoms with Gasteiger partial charge in [-0.1, -0.05) is 70.4 Å². The molecule has 0 aliphatic heterocycles. The number of nitrogens with zero attached hydrogens (tertiary/aromatic N) is 2. The van der Waals surface area contributed by atoms with Gasteiger partial charge in [0.15, 0.2) is 0 Å². The standard InChI is InChI=1S/C22H43NO.C8H16NO/c1-4-7-8-9-10-11-12-13-14-15-16-17-18-19-20-21-22(24)23(5-2)6-3;1-5-9(6-2,7-3)8(4)10/h13-14H,4-12,15-21H2,1-3H3;5H,1,6-7H2,2-4H3/q;+1/b14-13-;. The van der Waals surface area contributed by atoms with Crippen molar-refractivity contribution in [2.24, 2.45) is 0 Å². The number of quaternary nitrogens is 1. The van der Waals surface area contributed by atoms with Gasteiger partial charge in [-0.05, 0) is 66.4 Å². The average molecular weight is 480 g/mol. The quantitative estimate of drug-likeness (QED) is 0.0998. The second-order valence-corrected chi connectivity index (χ2v) is 9.27. The Labute approximate surface area is 213 Å². The van der Waals surface area contributed by atoms with Crippen LogP contribution < -0.4 is 0 Å². The molecule has 0 spiro atoms. The van der Waals surface area contributed by atoms with Gasteiger partial charge in [0.1, 0.15) is 0 Å². The number of hydrogen-bond acceptors (Lipinski definition) is 2. The lowest BCUT2D eigenvalue weighted by Crippen LogP contribution is -2.46. The first-order chi connectivity index (χ1) is 16.4. The van der Waals surface area contributed by atoms with E-state index in [1.807, 2.05) is 18.7 Å². The fourth-order valence-electron chi connectivity index (χ4n) is 4.14. The minimum atomic E-state index is 0.167. The summed E-state index contributed by atoms with van der Waals surface area (Å²) in [4.78, 5) is 24.9. The van der Waals surface area contributed by atoms with Crippen LogP contribution in [0.15, 0.2) is 24.9 Å². The van der Waals surface area contributed by atoms with Gasteiger partial charge < -0.3 is 4.90 Å². The van der Waals surface area contributed by atoms with E-state index in [1.165, 1.54) is 77.0 Å². The first kappa shape index (κ1) is 34.7. The SMILES string of the molecule is C=C[N+](CC)(CC)C(C)=O.CCCCCCCC/C=C\CCCCCCCC(=O)N(CC)CC. The van der Waals surface area contributed by atoms with E-state index in [4.69, 9.17) is 0 Å². The highest BCUT2D eigenvalue weighted by molar-refractivity contribution is 5.76. The minimum Gasteiger partial charge on any atom is -0.343 e. The summed E-state index contributed by atoms with van der Waals surface area (Å²) in [6.07, 6.45) is 24.2. The topological polar surface area (TPSA) is 37.4 Å². The van der Waals surface area contributed by atoms with Gasteiger partial charge in [0.25, 0.3) is 0 Å². The molecule has 0 aromatic carbocycles. The van der Waals surface area contributed by atoms with Crippen molar-refractivity contribution >= 4 is 11.8 Å². The van der Waals surface area contributed by atoms with E-state index in [-0.39, 0.29) is 5.91 Å². The van der Waals surface area contributed by atoms with Crippen molar-refractivity contribution in [3.05, 3.63) is 24.9 Å². The van der Waals surface area contributed by atoms with Gasteiger partial charge in [-0.2, -0.15) is 0 Å². The Morgan fingerprint density at radius 2 is 1.15 bits per heavy atom. The van der Waals surface area contributed by atoms with E-state index in [2.05, 4.69) is 39.5 Å². The summed E-state index contributed by atoms with van der Waals surface area (Å²) in [5.41, 5.74) is 0. The lowest BCUT2D eigenvalue weighted by Gasteiger charge is -2.27. The van der Waals surface area contributed by atoms with E-state index in [9.17, 15) is 9.59 Å². The molecule has 0 rings (SSSR count). The van der Waals surface area contributed by atoms with Crippen LogP contribution in [0, 0.1) is 0 Å². The zero-order chi connectivity index (χ0) is 26.1. The third-order valence-electron chi connectivity index (χ3n) is 6.87. The fourth-order valence-corrected chi connectivity index (χ4v) is 4.14. The summed E-state index contributed by atoms with van der Waals surface area (Å²) in [5, 5.41) is 0. The first-order valence-electron chi connectivity index (χ1n) is 14.3. The molecule has 0 saturated carbocycles. The number of rotatable bonds is 20. The lowest BCUT2D eigenvalue weighted by atomic mass is 10.1. The number of amides is 2. The van der Waals surface area contributed by atoms with Crippen LogP contribution in [-0.2, 0) is 9.59 Å². The van der Waals surface area contributed by atoms with Crippen LogP contribution in [0.1, 0.15) is 131 Å². The Morgan fingerprint density at radius 3 is 1.50 bits per heavy atom. The molecule has 0 aromatic heterocycles. The second-order valence-electron chi connectivity index (χ2n) is 9.27. The molecule has 200 valence electrons. The van der Waals surface area contributed by atoms with Crippen molar-refractivity contribution in [1.29, 1.82) is 0 Å². The van der Waals surface area contributed by atoms with E-state index in [1.54, 1.807) is 13.1 Å². The van der Waals surface area contributed by atoms with Gasteiger partial charge in [-0.15, -0.1) is 0 Å². The number of unbranched alkanes of at least 4 members (excludes halogenated alkanes) is 11. The van der Waals surface area contributed by atoms with Crippen molar-refractivity contribution in [2.45, 2.75) is 131 Å². The molecule has 0 aliphatic rings. The Morgan fingerprint density at radius 1 is 0.706 bits per heavy atom. The van der Waals surface area contributed by atoms with Gasteiger partial charge in [0.2, 0.25) is 5.91 Å². The monoisotopic (exact) mass is 479 g/mol. The van der Waals surface area contributed by atoms with E-state index in [0.717, 1.165) is 39.0 Å². The molecule has 0 unspecified atom stereocenters. The molecule has 0 heterocycles. The summed E-state index contributed by atoms with van der Waals surface area (Å²) in [6.45, 7) is 18.9. The third-order valence-corrected chi connectivity index (χ3v) is 6.87. The summed E-state index contributed by atoms with van der Waals surface area (Å²) in [6, 6.07) is 0. The van der Waals surface area contributed by atoms with Gasteiger partial charge in [0, 0.05) is 19.5 Å². The highest BCUT2D eigenvalue weighted by atomic mass is 16.2. The molecule has 2 amide bonds. The van der Waals surface area contributed by atoms with Crippen molar-refractivity contribution in [1.82, 2.24) is 4.90 Å². The number of allylic oxidation sites excluding steroid dienone is 2. The molecule has 0 aromatic rings. The molecule has 4 heteroatoms. The highest BCUT2D eigenvalue weighted by Crippen LogP contribution is 2.11. The molecular formula is C30H59N2O2+. The maximum atomic E-state index is 11.9. The molecule has 4 nitrogen and oxygen atoms in total. The van der Waals surface area contributed by atoms with Gasteiger partial charge in [-0.25, -0.2) is 9.28 Å². The summed E-state index contributed by atoms with van der Waals surface area (Å²) < 4.78 is 0.389. The van der Waals surface area contributed by atoms with Crippen LogP contribution in [0.3, 0.4) is 0 Å². The second kappa shape index (κ2) is 24.7. The summed E-state index contributed by atoms with van der Waals surface area (Å²) in [5.74, 6) is 0.498. The van der Waals surface area contributed by atoms with Gasteiger partial charge >= 0.3 is 5.91 Å². The first-order valence-corrected chi connectivity index (χ1v) is 14.3. The maximum absolute atomic E-state index is 11.9. The predicted octanol–water partition coefficient (Wildman–Crippen LogP) is 8.43. The fraction of sp³-hybridized carbons (Fsp3) is 0.800. The van der Waals surface area contributed by atoms with Gasteiger partial charge in [0.05, 0.1) is 26.2 Å². The van der Waals surface area contributed by atoms with Crippen LogP contribution in [0.2, 0.25) is 0 Å². The van der Waals surface area contributed by atoms with E-state index < -0.39 is 0 Å². The van der Waals surface area contributed by atoms with Crippen molar-refractivity contribution < 1.29 is 14.1 Å². The minimum absolute atomic E-state index is 0.167. The van der Waals surface area contributed by atoms with Crippen molar-refractivity contribution in [2.75, 3.05) is 26.2 Å². The maximum Gasteiger partial charge on any atom is 0.315 e. The number of carbonyl (C=O) groups excluding carboxylic acids is 2. The van der Waals surface area contributed by atoms with Gasteiger partial charge in [-0.3, -0.25) is 4.79 Å².